The number of nitrogens with two attached hydrogens (primary N) is 2. The molecule has 0 atom stereocenters. The third kappa shape index (κ3) is 7.24. The second-order valence-corrected chi connectivity index (χ2v) is 7.03. The third-order valence-corrected chi connectivity index (χ3v) is 4.83. The topological polar surface area (TPSA) is 109 Å². The van der Waals surface area contributed by atoms with Crippen molar-refractivity contribution < 1.29 is 0 Å². The van der Waals surface area contributed by atoms with Crippen LogP contribution in [0.25, 0.3) is 22.1 Å². The predicted octanol–water partition coefficient (Wildman–Crippen LogP) is 4.50. The second-order valence-electron chi connectivity index (χ2n) is 7.03. The van der Waals surface area contributed by atoms with Crippen molar-refractivity contribution in [2.45, 2.75) is 32.1 Å². The number of hydrogen-bond donors (Lipinski definition) is 4. The van der Waals surface area contributed by atoms with Crippen molar-refractivity contribution in [1.29, 1.82) is 0 Å². The van der Waals surface area contributed by atoms with Gasteiger partial charge in [0.2, 0.25) is 0 Å². The van der Waals surface area contributed by atoms with Crippen molar-refractivity contribution in [2.75, 3.05) is 13.1 Å². The molecule has 0 radical (unpaired) electrons. The van der Waals surface area contributed by atoms with Gasteiger partial charge in [-0.05, 0) is 67.7 Å². The third-order valence-electron chi connectivity index (χ3n) is 4.83. The summed E-state index contributed by atoms with van der Waals surface area (Å²) in [6, 6.07) is 12.9. The Morgan fingerprint density at radius 2 is 1.06 bits per heavy atom. The van der Waals surface area contributed by atoms with Crippen LogP contribution in [0.5, 0.6) is 0 Å². The zero-order valence-electron chi connectivity index (χ0n) is 17.1. The van der Waals surface area contributed by atoms with Crippen molar-refractivity contribution >= 4 is 71.7 Å². The Morgan fingerprint density at radius 1 is 0.645 bits per heavy atom. The van der Waals surface area contributed by atoms with Crippen molar-refractivity contribution in [3.05, 3.63) is 59.2 Å². The molecule has 172 valence electrons. The molecule has 0 saturated heterocycles. The van der Waals surface area contributed by atoms with Gasteiger partial charge in [-0.15, -0.1) is 49.6 Å². The van der Waals surface area contributed by atoms with E-state index in [1.165, 1.54) is 11.1 Å². The lowest BCUT2D eigenvalue weighted by molar-refractivity contribution is 0.796. The smallest absolute Gasteiger partial charge is 0.107 e. The maximum Gasteiger partial charge on any atom is 0.107 e. The molecule has 0 fully saturated rings. The van der Waals surface area contributed by atoms with Gasteiger partial charge in [0, 0.05) is 12.8 Å². The van der Waals surface area contributed by atoms with E-state index in [-0.39, 0.29) is 49.6 Å². The van der Waals surface area contributed by atoms with Crippen LogP contribution in [0.3, 0.4) is 0 Å². The molecule has 0 aliphatic heterocycles. The van der Waals surface area contributed by atoms with E-state index >= 15 is 0 Å². The Hall–Kier alpha value is -1.54. The summed E-state index contributed by atoms with van der Waals surface area (Å²) in [5, 5.41) is 0. The van der Waals surface area contributed by atoms with Crippen molar-refractivity contribution in [2.24, 2.45) is 11.5 Å². The molecular weight excluding hydrogens is 478 g/mol. The summed E-state index contributed by atoms with van der Waals surface area (Å²) in [6.45, 7) is 1.37. The molecular formula is C21H30Cl4N6. The molecule has 2 aromatic carbocycles. The van der Waals surface area contributed by atoms with Crippen LogP contribution in [0.4, 0.5) is 0 Å². The highest BCUT2D eigenvalue weighted by Crippen LogP contribution is 2.20. The largest absolute Gasteiger partial charge is 0.342 e. The fourth-order valence-corrected chi connectivity index (χ4v) is 3.45. The Kier molecular flexibility index (Phi) is 13.1. The van der Waals surface area contributed by atoms with E-state index in [1.54, 1.807) is 0 Å². The highest BCUT2D eigenvalue weighted by atomic mass is 35.5. The molecule has 0 amide bonds. The fourth-order valence-electron chi connectivity index (χ4n) is 3.45. The summed E-state index contributed by atoms with van der Waals surface area (Å²) >= 11 is 0. The van der Waals surface area contributed by atoms with E-state index in [0.29, 0.717) is 13.1 Å². The van der Waals surface area contributed by atoms with Crippen LogP contribution in [-0.2, 0) is 19.3 Å². The van der Waals surface area contributed by atoms with Gasteiger partial charge in [0.05, 0.1) is 22.1 Å². The van der Waals surface area contributed by atoms with Crippen LogP contribution in [0.1, 0.15) is 35.6 Å². The van der Waals surface area contributed by atoms with Crippen LogP contribution in [-0.4, -0.2) is 33.0 Å². The van der Waals surface area contributed by atoms with E-state index in [9.17, 15) is 0 Å². The Morgan fingerprint density at radius 3 is 1.45 bits per heavy atom. The van der Waals surface area contributed by atoms with Crippen molar-refractivity contribution in [3.63, 3.8) is 0 Å². The molecule has 0 saturated carbocycles. The van der Waals surface area contributed by atoms with Crippen molar-refractivity contribution in [3.8, 4) is 0 Å². The number of nitrogens with one attached hydrogen (secondary N) is 2. The van der Waals surface area contributed by atoms with Crippen LogP contribution >= 0.6 is 49.6 Å². The van der Waals surface area contributed by atoms with E-state index < -0.39 is 0 Å². The summed E-state index contributed by atoms with van der Waals surface area (Å²) < 4.78 is 0. The van der Waals surface area contributed by atoms with Crippen LogP contribution in [0.2, 0.25) is 0 Å². The van der Waals surface area contributed by atoms with Crippen LogP contribution in [0.15, 0.2) is 36.4 Å². The first kappa shape index (κ1) is 29.5. The molecule has 0 bridgehead atoms. The first-order valence-electron chi connectivity index (χ1n) is 9.60. The number of H-pyrrole nitrogens is 2. The normalized spacial score (nSPS) is 10.1. The minimum Gasteiger partial charge on any atom is -0.342 e. The summed E-state index contributed by atoms with van der Waals surface area (Å²) in [5.74, 6) is 2.02. The first-order valence-corrected chi connectivity index (χ1v) is 9.60. The Balaban J connectivity index is 0.00000225. The number of halogens is 4. The summed E-state index contributed by atoms with van der Waals surface area (Å²) in [5.41, 5.74) is 17.9. The van der Waals surface area contributed by atoms with E-state index in [0.717, 1.165) is 65.8 Å². The standard InChI is InChI=1S/C21H26N6.4ClH/c22-9-1-3-20-24-16-7-5-14(12-18(16)26-20)11-15-6-8-17-19(13-15)27-21(25-17)4-2-10-23;;;;/h5-8,12-13H,1-4,9-11,22-23H2,(H,24,26)(H,25,27);4*1H. The molecule has 0 aliphatic rings. The van der Waals surface area contributed by atoms with Gasteiger partial charge >= 0.3 is 0 Å². The lowest BCUT2D eigenvalue weighted by atomic mass is 10.0. The number of benzene rings is 2. The quantitative estimate of drug-likeness (QED) is 0.281. The lowest BCUT2D eigenvalue weighted by Crippen LogP contribution is -2.01. The molecule has 0 unspecified atom stereocenters. The SMILES string of the molecule is Cl.Cl.Cl.Cl.NCCCc1nc2ccc(Cc3ccc4nc(CCCN)[nH]c4c3)cc2[nH]1. The minimum absolute atomic E-state index is 0. The summed E-state index contributed by atoms with van der Waals surface area (Å²) in [4.78, 5) is 16.1. The maximum atomic E-state index is 5.59. The number of nitrogens with zero attached hydrogens (tertiary/aromatic N) is 2. The highest BCUT2D eigenvalue weighted by Gasteiger charge is 2.07. The fraction of sp³-hybridized carbons (Fsp3) is 0.333. The van der Waals surface area contributed by atoms with Gasteiger partial charge in [-0.2, -0.15) is 0 Å². The number of rotatable bonds is 8. The molecule has 0 aliphatic carbocycles. The van der Waals surface area contributed by atoms with Crippen molar-refractivity contribution in [1.82, 2.24) is 19.9 Å². The average Bonchev–Trinajstić information content (AvgIpc) is 3.27. The number of hydrogen-bond acceptors (Lipinski definition) is 4. The molecule has 4 aromatic rings. The summed E-state index contributed by atoms with van der Waals surface area (Å²) in [7, 11) is 0. The zero-order chi connectivity index (χ0) is 18.6. The molecule has 10 heteroatoms. The zero-order valence-corrected chi connectivity index (χ0v) is 20.4. The maximum absolute atomic E-state index is 5.59. The number of fused-ring (bicyclic) bond motifs is 2. The molecule has 31 heavy (non-hydrogen) atoms. The number of aromatic amines is 2. The predicted molar refractivity (Wildman–Crippen MR) is 139 cm³/mol. The van der Waals surface area contributed by atoms with E-state index in [4.69, 9.17) is 11.5 Å². The molecule has 6 nitrogen and oxygen atoms in total. The average molecular weight is 508 g/mol. The Bertz CT molecular complexity index is 979. The van der Waals surface area contributed by atoms with E-state index in [1.807, 2.05) is 0 Å². The first-order chi connectivity index (χ1) is 13.2. The van der Waals surface area contributed by atoms with Crippen LogP contribution in [0, 0.1) is 0 Å². The van der Waals surface area contributed by atoms with Gasteiger partial charge in [-0.1, -0.05) is 12.1 Å². The lowest BCUT2D eigenvalue weighted by Gasteiger charge is -2.02. The van der Waals surface area contributed by atoms with Gasteiger partial charge in [0.1, 0.15) is 11.6 Å². The minimum atomic E-state index is 0. The second kappa shape index (κ2) is 13.8. The molecule has 2 aromatic heterocycles. The number of aryl methyl sites for hydroxylation is 2. The number of imidazole rings is 2. The molecule has 4 rings (SSSR count). The molecule has 2 heterocycles. The van der Waals surface area contributed by atoms with Crippen LogP contribution < -0.4 is 11.5 Å². The van der Waals surface area contributed by atoms with Gasteiger partial charge in [-0.3, -0.25) is 0 Å². The van der Waals surface area contributed by atoms with Gasteiger partial charge in [0.15, 0.2) is 0 Å². The van der Waals surface area contributed by atoms with Gasteiger partial charge in [-0.25, -0.2) is 9.97 Å². The summed E-state index contributed by atoms with van der Waals surface area (Å²) in [6.07, 6.45) is 4.56. The number of aromatic nitrogens is 4. The molecule has 6 N–H and O–H groups in total. The monoisotopic (exact) mass is 506 g/mol. The van der Waals surface area contributed by atoms with Gasteiger partial charge in [0.25, 0.3) is 0 Å². The van der Waals surface area contributed by atoms with Gasteiger partial charge < -0.3 is 21.4 Å². The molecule has 0 spiro atoms. The van der Waals surface area contributed by atoms with E-state index in [2.05, 4.69) is 56.3 Å². The highest BCUT2D eigenvalue weighted by molar-refractivity contribution is 5.86. The Labute approximate surface area is 207 Å².